The number of amides is 1. The third-order valence-electron chi connectivity index (χ3n) is 5.81. The number of piperazine rings is 1. The molecule has 0 bridgehead atoms. The predicted octanol–water partition coefficient (Wildman–Crippen LogP) is 3.37. The van der Waals surface area contributed by atoms with Crippen LogP contribution in [-0.4, -0.2) is 53.6 Å². The van der Waals surface area contributed by atoms with Crippen LogP contribution in [0.25, 0.3) is 10.9 Å². The van der Waals surface area contributed by atoms with Gasteiger partial charge in [-0.05, 0) is 30.5 Å². The second-order valence-electron chi connectivity index (χ2n) is 8.04. The van der Waals surface area contributed by atoms with E-state index in [1.54, 1.807) is 0 Å². The molecule has 1 aliphatic heterocycles. The van der Waals surface area contributed by atoms with Gasteiger partial charge in [-0.25, -0.2) is 9.97 Å². The molecule has 1 saturated heterocycles. The number of carbonyl (C=O) groups is 1. The number of benzene rings is 2. The minimum atomic E-state index is 0.0526. The maximum Gasteiger partial charge on any atom is 0.248 e. The lowest BCUT2D eigenvalue weighted by atomic mass is 10.2. The molecule has 2 heterocycles. The second-order valence-corrected chi connectivity index (χ2v) is 8.04. The molecule has 6 heteroatoms. The first-order valence-electron chi connectivity index (χ1n) is 10.7. The Morgan fingerprint density at radius 3 is 2.43 bits per heavy atom. The number of para-hydroxylation sites is 1. The number of carbonyl (C=O) groups excluding carboxylic acids is 1. The van der Waals surface area contributed by atoms with Gasteiger partial charge < -0.3 is 14.5 Å². The van der Waals surface area contributed by atoms with E-state index in [4.69, 9.17) is 14.7 Å². The number of nitrogens with zero attached hydrogens (tertiary/aromatic N) is 4. The zero-order chi connectivity index (χ0) is 20.3. The van der Waals surface area contributed by atoms with Crippen LogP contribution in [0.1, 0.15) is 30.1 Å². The van der Waals surface area contributed by atoms with Gasteiger partial charge in [-0.2, -0.15) is 0 Å². The Morgan fingerprint density at radius 2 is 1.67 bits per heavy atom. The summed E-state index contributed by atoms with van der Waals surface area (Å²) < 4.78 is 5.63. The molecule has 2 aliphatic rings. The quantitative estimate of drug-likeness (QED) is 0.633. The average molecular weight is 402 g/mol. The molecule has 5 rings (SSSR count). The van der Waals surface area contributed by atoms with Crippen molar-refractivity contribution in [2.45, 2.75) is 25.4 Å². The molecule has 1 aromatic heterocycles. The number of aromatic nitrogens is 2. The molecule has 1 amide bonds. The van der Waals surface area contributed by atoms with E-state index in [1.165, 1.54) is 12.8 Å². The summed E-state index contributed by atoms with van der Waals surface area (Å²) in [7, 11) is 0. The monoisotopic (exact) mass is 402 g/mol. The zero-order valence-corrected chi connectivity index (χ0v) is 17.0. The Morgan fingerprint density at radius 1 is 0.933 bits per heavy atom. The Labute approximate surface area is 176 Å². The van der Waals surface area contributed by atoms with E-state index in [9.17, 15) is 4.79 Å². The number of anilines is 1. The van der Waals surface area contributed by atoms with E-state index in [1.807, 2.05) is 47.4 Å². The van der Waals surface area contributed by atoms with Crippen molar-refractivity contribution in [2.75, 3.05) is 37.7 Å². The number of ether oxygens (including phenoxy) is 1. The summed E-state index contributed by atoms with van der Waals surface area (Å²) >= 11 is 0. The lowest BCUT2D eigenvalue weighted by Crippen LogP contribution is -2.50. The van der Waals surface area contributed by atoms with Crippen molar-refractivity contribution in [3.05, 3.63) is 66.0 Å². The highest BCUT2D eigenvalue weighted by atomic mass is 16.5. The van der Waals surface area contributed by atoms with Crippen LogP contribution in [0.4, 0.5) is 5.82 Å². The van der Waals surface area contributed by atoms with Crippen LogP contribution < -0.4 is 4.90 Å². The SMILES string of the molecule is O=C(COCc1ccccc1)N1CCN(c2nc(C3CC3)nc3ccccc23)CC1. The molecule has 1 aliphatic carbocycles. The van der Waals surface area contributed by atoms with Crippen LogP contribution in [0.5, 0.6) is 0 Å². The zero-order valence-electron chi connectivity index (χ0n) is 17.0. The fourth-order valence-electron chi connectivity index (χ4n) is 3.93. The first-order chi connectivity index (χ1) is 14.8. The Kier molecular flexibility index (Phi) is 5.32. The fraction of sp³-hybridized carbons (Fsp3) is 0.375. The van der Waals surface area contributed by atoms with Crippen molar-refractivity contribution >= 4 is 22.6 Å². The molecule has 0 atom stereocenters. The molecular weight excluding hydrogens is 376 g/mol. The van der Waals surface area contributed by atoms with Gasteiger partial charge in [0.1, 0.15) is 18.2 Å². The van der Waals surface area contributed by atoms with Crippen molar-refractivity contribution in [3.8, 4) is 0 Å². The number of rotatable bonds is 6. The summed E-state index contributed by atoms with van der Waals surface area (Å²) in [5.41, 5.74) is 2.09. The molecule has 0 N–H and O–H groups in total. The molecular formula is C24H26N4O2. The van der Waals surface area contributed by atoms with Crippen molar-refractivity contribution in [2.24, 2.45) is 0 Å². The Balaban J connectivity index is 1.21. The van der Waals surface area contributed by atoms with Gasteiger partial charge in [-0.15, -0.1) is 0 Å². The van der Waals surface area contributed by atoms with Crippen LogP contribution in [0.3, 0.4) is 0 Å². The fourth-order valence-corrected chi connectivity index (χ4v) is 3.93. The average Bonchev–Trinajstić information content (AvgIpc) is 3.65. The molecule has 0 spiro atoms. The lowest BCUT2D eigenvalue weighted by Gasteiger charge is -2.36. The Bertz CT molecular complexity index is 1030. The number of hydrogen-bond donors (Lipinski definition) is 0. The van der Waals surface area contributed by atoms with Gasteiger partial charge in [0, 0.05) is 37.5 Å². The summed E-state index contributed by atoms with van der Waals surface area (Å²) in [5, 5.41) is 1.09. The van der Waals surface area contributed by atoms with Crippen LogP contribution in [-0.2, 0) is 16.1 Å². The van der Waals surface area contributed by atoms with E-state index in [-0.39, 0.29) is 12.5 Å². The van der Waals surface area contributed by atoms with E-state index in [2.05, 4.69) is 17.0 Å². The molecule has 0 unspecified atom stereocenters. The summed E-state index contributed by atoms with van der Waals surface area (Å²) in [6.07, 6.45) is 2.37. The van der Waals surface area contributed by atoms with E-state index >= 15 is 0 Å². The molecule has 0 radical (unpaired) electrons. The minimum Gasteiger partial charge on any atom is -0.367 e. The van der Waals surface area contributed by atoms with Gasteiger partial charge in [-0.1, -0.05) is 42.5 Å². The van der Waals surface area contributed by atoms with Crippen LogP contribution in [0, 0.1) is 0 Å². The predicted molar refractivity (Wildman–Crippen MR) is 116 cm³/mol. The molecule has 2 aromatic carbocycles. The summed E-state index contributed by atoms with van der Waals surface area (Å²) in [4.78, 5) is 26.4. The highest BCUT2D eigenvalue weighted by Gasteiger charge is 2.29. The van der Waals surface area contributed by atoms with E-state index < -0.39 is 0 Å². The highest BCUT2D eigenvalue weighted by molar-refractivity contribution is 5.89. The standard InChI is InChI=1S/C24H26N4O2/c29-22(17-30-16-18-6-2-1-3-7-18)27-12-14-28(15-13-27)24-20-8-4-5-9-21(20)25-23(26-24)19-10-11-19/h1-9,19H,10-17H2. The van der Waals surface area contributed by atoms with Gasteiger partial charge in [0.15, 0.2) is 0 Å². The van der Waals surface area contributed by atoms with Crippen LogP contribution in [0.2, 0.25) is 0 Å². The van der Waals surface area contributed by atoms with E-state index in [0.717, 1.165) is 41.2 Å². The maximum absolute atomic E-state index is 12.6. The summed E-state index contributed by atoms with van der Waals surface area (Å²) in [6, 6.07) is 18.2. The normalized spacial score (nSPS) is 16.8. The summed E-state index contributed by atoms with van der Waals surface area (Å²) in [5.74, 6) is 2.54. The smallest absolute Gasteiger partial charge is 0.248 e. The van der Waals surface area contributed by atoms with Gasteiger partial charge in [0.05, 0.1) is 12.1 Å². The van der Waals surface area contributed by atoms with Crippen molar-refractivity contribution in [1.29, 1.82) is 0 Å². The number of fused-ring (bicyclic) bond motifs is 1. The third kappa shape index (κ3) is 4.14. The van der Waals surface area contributed by atoms with Crippen molar-refractivity contribution in [3.63, 3.8) is 0 Å². The second kappa shape index (κ2) is 8.40. The van der Waals surface area contributed by atoms with Crippen LogP contribution in [0.15, 0.2) is 54.6 Å². The molecule has 30 heavy (non-hydrogen) atoms. The van der Waals surface area contributed by atoms with Crippen molar-refractivity contribution in [1.82, 2.24) is 14.9 Å². The molecule has 3 aromatic rings. The first-order valence-corrected chi connectivity index (χ1v) is 10.7. The molecule has 154 valence electrons. The van der Waals surface area contributed by atoms with E-state index in [0.29, 0.717) is 25.6 Å². The number of hydrogen-bond acceptors (Lipinski definition) is 5. The summed E-state index contributed by atoms with van der Waals surface area (Å²) in [6.45, 7) is 3.50. The Hall–Kier alpha value is -2.99. The van der Waals surface area contributed by atoms with Gasteiger partial charge >= 0.3 is 0 Å². The topological polar surface area (TPSA) is 58.6 Å². The molecule has 1 saturated carbocycles. The van der Waals surface area contributed by atoms with Gasteiger partial charge in [0.2, 0.25) is 5.91 Å². The largest absolute Gasteiger partial charge is 0.367 e. The lowest BCUT2D eigenvalue weighted by molar-refractivity contribution is -0.136. The third-order valence-corrected chi connectivity index (χ3v) is 5.81. The maximum atomic E-state index is 12.6. The first kappa shape index (κ1) is 19.0. The van der Waals surface area contributed by atoms with Gasteiger partial charge in [-0.3, -0.25) is 4.79 Å². The van der Waals surface area contributed by atoms with Crippen molar-refractivity contribution < 1.29 is 9.53 Å². The molecule has 2 fully saturated rings. The highest BCUT2D eigenvalue weighted by Crippen LogP contribution is 2.39. The minimum absolute atomic E-state index is 0.0526. The van der Waals surface area contributed by atoms with Gasteiger partial charge in [0.25, 0.3) is 0 Å². The molecule has 6 nitrogen and oxygen atoms in total. The van der Waals surface area contributed by atoms with Crippen LogP contribution >= 0.6 is 0 Å².